The highest BCUT2D eigenvalue weighted by Gasteiger charge is 2.26. The summed E-state index contributed by atoms with van der Waals surface area (Å²) in [6, 6.07) is 9.30. The fraction of sp³-hybridized carbons (Fsp3) is 0.526. The smallest absolute Gasteiger partial charge is 0.0346 e. The van der Waals surface area contributed by atoms with E-state index in [9.17, 15) is 0 Å². The van der Waals surface area contributed by atoms with Crippen LogP contribution in [0.5, 0.6) is 0 Å². The molecular formula is C19H26N2. The van der Waals surface area contributed by atoms with Crippen LogP contribution in [0.2, 0.25) is 0 Å². The molecule has 2 heteroatoms. The Morgan fingerprint density at radius 2 is 1.95 bits per heavy atom. The molecule has 112 valence electrons. The first kappa shape index (κ1) is 14.5. The monoisotopic (exact) mass is 282 g/mol. The molecule has 2 atom stereocenters. The minimum Gasteiger partial charge on any atom is -0.313 e. The Bertz CT molecular complexity index is 573. The number of fused-ring (bicyclic) bond motifs is 1. The van der Waals surface area contributed by atoms with Gasteiger partial charge >= 0.3 is 0 Å². The van der Waals surface area contributed by atoms with E-state index in [2.05, 4.69) is 47.7 Å². The van der Waals surface area contributed by atoms with Gasteiger partial charge in [-0.1, -0.05) is 50.5 Å². The number of benzene rings is 1. The van der Waals surface area contributed by atoms with Crippen molar-refractivity contribution in [3.8, 4) is 0 Å². The van der Waals surface area contributed by atoms with Gasteiger partial charge in [0.15, 0.2) is 0 Å². The summed E-state index contributed by atoms with van der Waals surface area (Å²) >= 11 is 0. The summed E-state index contributed by atoms with van der Waals surface area (Å²) in [5, 5.41) is 6.46. The van der Waals surface area contributed by atoms with Crippen LogP contribution in [0.3, 0.4) is 0 Å². The van der Waals surface area contributed by atoms with Crippen molar-refractivity contribution in [3.63, 3.8) is 0 Å². The van der Waals surface area contributed by atoms with Crippen molar-refractivity contribution in [1.29, 1.82) is 0 Å². The summed E-state index contributed by atoms with van der Waals surface area (Å²) in [7, 11) is 0. The SMILES string of the molecule is CCCNC1CCCCCC1c1cncc2ccccc12. The second-order valence-corrected chi connectivity index (χ2v) is 6.25. The molecular weight excluding hydrogens is 256 g/mol. The second kappa shape index (κ2) is 7.04. The molecule has 2 nitrogen and oxygen atoms in total. The van der Waals surface area contributed by atoms with Gasteiger partial charge < -0.3 is 5.32 Å². The molecule has 0 aliphatic heterocycles. The normalized spacial score (nSPS) is 23.1. The van der Waals surface area contributed by atoms with Crippen LogP contribution >= 0.6 is 0 Å². The Morgan fingerprint density at radius 3 is 2.86 bits per heavy atom. The number of hydrogen-bond donors (Lipinski definition) is 1. The first-order valence-electron chi connectivity index (χ1n) is 8.46. The van der Waals surface area contributed by atoms with Crippen LogP contribution in [0.15, 0.2) is 36.7 Å². The van der Waals surface area contributed by atoms with Crippen LogP contribution in [0.25, 0.3) is 10.8 Å². The zero-order valence-electron chi connectivity index (χ0n) is 13.0. The average Bonchev–Trinajstić information content (AvgIpc) is 2.77. The molecule has 1 saturated carbocycles. The third kappa shape index (κ3) is 3.26. The summed E-state index contributed by atoms with van der Waals surface area (Å²) in [6.45, 7) is 3.37. The highest BCUT2D eigenvalue weighted by molar-refractivity contribution is 5.85. The number of aromatic nitrogens is 1. The van der Waals surface area contributed by atoms with E-state index in [1.807, 2.05) is 6.20 Å². The summed E-state index contributed by atoms with van der Waals surface area (Å²) < 4.78 is 0. The molecule has 0 amide bonds. The van der Waals surface area contributed by atoms with Gasteiger partial charge in [-0.15, -0.1) is 0 Å². The van der Waals surface area contributed by atoms with E-state index in [0.717, 1.165) is 6.54 Å². The first-order valence-corrected chi connectivity index (χ1v) is 8.46. The zero-order valence-corrected chi connectivity index (χ0v) is 13.0. The Morgan fingerprint density at radius 1 is 1.10 bits per heavy atom. The maximum absolute atomic E-state index is 4.51. The van der Waals surface area contributed by atoms with Gasteiger partial charge in [-0.05, 0) is 36.8 Å². The number of nitrogens with zero attached hydrogens (tertiary/aromatic N) is 1. The molecule has 1 aliphatic rings. The van der Waals surface area contributed by atoms with Crippen LogP contribution in [0.4, 0.5) is 0 Å². The van der Waals surface area contributed by atoms with Crippen LogP contribution in [-0.4, -0.2) is 17.6 Å². The molecule has 1 aliphatic carbocycles. The maximum Gasteiger partial charge on any atom is 0.0346 e. The van der Waals surface area contributed by atoms with Gasteiger partial charge in [0.05, 0.1) is 0 Å². The molecule has 1 heterocycles. The zero-order chi connectivity index (χ0) is 14.5. The number of nitrogens with one attached hydrogen (secondary N) is 1. The Labute approximate surface area is 128 Å². The third-order valence-corrected chi connectivity index (χ3v) is 4.77. The van der Waals surface area contributed by atoms with E-state index in [0.29, 0.717) is 12.0 Å². The quantitative estimate of drug-likeness (QED) is 0.826. The Balaban J connectivity index is 1.96. The van der Waals surface area contributed by atoms with E-state index >= 15 is 0 Å². The van der Waals surface area contributed by atoms with Crippen LogP contribution < -0.4 is 5.32 Å². The van der Waals surface area contributed by atoms with Gasteiger partial charge in [0.2, 0.25) is 0 Å². The van der Waals surface area contributed by atoms with Gasteiger partial charge in [-0.25, -0.2) is 0 Å². The van der Waals surface area contributed by atoms with E-state index in [1.54, 1.807) is 0 Å². The van der Waals surface area contributed by atoms with Crippen molar-refractivity contribution in [1.82, 2.24) is 10.3 Å². The van der Waals surface area contributed by atoms with Crippen molar-refractivity contribution in [2.24, 2.45) is 0 Å². The van der Waals surface area contributed by atoms with Crippen molar-refractivity contribution in [2.45, 2.75) is 57.4 Å². The molecule has 1 N–H and O–H groups in total. The van der Waals surface area contributed by atoms with Gasteiger partial charge in [0.1, 0.15) is 0 Å². The van der Waals surface area contributed by atoms with Crippen LogP contribution in [0.1, 0.15) is 56.9 Å². The van der Waals surface area contributed by atoms with Crippen molar-refractivity contribution in [3.05, 3.63) is 42.2 Å². The van der Waals surface area contributed by atoms with E-state index in [1.165, 1.54) is 54.9 Å². The fourth-order valence-electron chi connectivity index (χ4n) is 3.69. The molecule has 1 aromatic heterocycles. The van der Waals surface area contributed by atoms with Crippen molar-refractivity contribution in [2.75, 3.05) is 6.54 Å². The lowest BCUT2D eigenvalue weighted by Gasteiger charge is -2.27. The second-order valence-electron chi connectivity index (χ2n) is 6.25. The lowest BCUT2D eigenvalue weighted by Crippen LogP contribution is -2.35. The third-order valence-electron chi connectivity index (χ3n) is 4.77. The van der Waals surface area contributed by atoms with Crippen LogP contribution in [-0.2, 0) is 0 Å². The highest BCUT2D eigenvalue weighted by atomic mass is 14.9. The standard InChI is InChI=1S/C19H26N2/c1-2-12-21-19-11-5-3-4-10-17(19)18-14-20-13-15-8-6-7-9-16(15)18/h6-9,13-14,17,19,21H,2-5,10-12H2,1H3. The fourth-order valence-corrected chi connectivity index (χ4v) is 3.69. The lowest BCUT2D eigenvalue weighted by atomic mass is 9.86. The van der Waals surface area contributed by atoms with Crippen LogP contribution in [0, 0.1) is 0 Å². The summed E-state index contributed by atoms with van der Waals surface area (Å²) in [5.74, 6) is 0.609. The average molecular weight is 282 g/mol. The molecule has 21 heavy (non-hydrogen) atoms. The molecule has 2 aromatic rings. The minimum atomic E-state index is 0.609. The van der Waals surface area contributed by atoms with Crippen molar-refractivity contribution >= 4 is 10.8 Å². The molecule has 0 spiro atoms. The molecule has 0 saturated heterocycles. The predicted octanol–water partition coefficient (Wildman–Crippen LogP) is 4.65. The Hall–Kier alpha value is -1.41. The van der Waals surface area contributed by atoms with Gasteiger partial charge in [0.25, 0.3) is 0 Å². The molecule has 1 aromatic carbocycles. The topological polar surface area (TPSA) is 24.9 Å². The molecule has 1 fully saturated rings. The van der Waals surface area contributed by atoms with Gasteiger partial charge in [-0.2, -0.15) is 0 Å². The molecule has 2 unspecified atom stereocenters. The maximum atomic E-state index is 4.51. The van der Waals surface area contributed by atoms with Gasteiger partial charge in [-0.3, -0.25) is 4.98 Å². The number of pyridine rings is 1. The van der Waals surface area contributed by atoms with E-state index < -0.39 is 0 Å². The van der Waals surface area contributed by atoms with E-state index in [-0.39, 0.29) is 0 Å². The van der Waals surface area contributed by atoms with E-state index in [4.69, 9.17) is 0 Å². The first-order chi connectivity index (χ1) is 10.4. The minimum absolute atomic E-state index is 0.609. The summed E-state index contributed by atoms with van der Waals surface area (Å²) in [6.07, 6.45) is 12.0. The number of hydrogen-bond acceptors (Lipinski definition) is 2. The largest absolute Gasteiger partial charge is 0.313 e. The summed E-state index contributed by atoms with van der Waals surface area (Å²) in [5.41, 5.74) is 1.45. The predicted molar refractivity (Wildman–Crippen MR) is 89.7 cm³/mol. The molecule has 0 bridgehead atoms. The number of rotatable bonds is 4. The lowest BCUT2D eigenvalue weighted by molar-refractivity contribution is 0.412. The van der Waals surface area contributed by atoms with Gasteiger partial charge in [0, 0.05) is 29.7 Å². The van der Waals surface area contributed by atoms with Crippen molar-refractivity contribution < 1.29 is 0 Å². The molecule has 3 rings (SSSR count). The molecule has 0 radical (unpaired) electrons. The Kier molecular flexibility index (Phi) is 4.87. The summed E-state index contributed by atoms with van der Waals surface area (Å²) in [4.78, 5) is 4.51. The highest BCUT2D eigenvalue weighted by Crippen LogP contribution is 2.35.